The molecule has 0 fully saturated rings. The summed E-state index contributed by atoms with van der Waals surface area (Å²) in [6.45, 7) is 0.672. The van der Waals surface area contributed by atoms with Crippen LogP contribution in [-0.4, -0.2) is 41.4 Å². The number of anilines is 1. The SMILES string of the molecule is CSCCN(C)C(=O)c1cc(N)cnc1Cl. The van der Waals surface area contributed by atoms with Crippen LogP contribution >= 0.6 is 23.4 Å². The first-order valence-electron chi connectivity index (χ1n) is 4.71. The third kappa shape index (κ3) is 3.28. The monoisotopic (exact) mass is 259 g/mol. The zero-order valence-electron chi connectivity index (χ0n) is 9.24. The van der Waals surface area contributed by atoms with E-state index in [1.807, 2.05) is 6.26 Å². The van der Waals surface area contributed by atoms with Crippen molar-refractivity contribution in [1.82, 2.24) is 9.88 Å². The molecule has 1 aromatic rings. The third-order valence-corrected chi connectivity index (χ3v) is 2.96. The minimum atomic E-state index is -0.154. The second-order valence-electron chi connectivity index (χ2n) is 3.33. The number of nitrogens with two attached hydrogens (primary N) is 1. The topological polar surface area (TPSA) is 59.2 Å². The van der Waals surface area contributed by atoms with Gasteiger partial charge in [-0.05, 0) is 12.3 Å². The van der Waals surface area contributed by atoms with Crippen molar-refractivity contribution >= 4 is 35.0 Å². The molecule has 2 N–H and O–H groups in total. The Morgan fingerprint density at radius 3 is 3.00 bits per heavy atom. The standard InChI is InChI=1S/C10H14ClN3OS/c1-14(3-4-16-2)10(15)8-5-7(12)6-13-9(8)11/h5-6H,3-4,12H2,1-2H3. The van der Waals surface area contributed by atoms with Crippen molar-refractivity contribution in [1.29, 1.82) is 0 Å². The smallest absolute Gasteiger partial charge is 0.256 e. The van der Waals surface area contributed by atoms with E-state index in [0.29, 0.717) is 17.8 Å². The first-order valence-corrected chi connectivity index (χ1v) is 6.49. The van der Waals surface area contributed by atoms with Gasteiger partial charge >= 0.3 is 0 Å². The predicted molar refractivity (Wildman–Crippen MR) is 69.0 cm³/mol. The summed E-state index contributed by atoms with van der Waals surface area (Å²) >= 11 is 7.53. The molecule has 16 heavy (non-hydrogen) atoms. The van der Waals surface area contributed by atoms with Crippen molar-refractivity contribution in [2.45, 2.75) is 0 Å². The van der Waals surface area contributed by atoms with E-state index in [2.05, 4.69) is 4.98 Å². The number of nitrogens with zero attached hydrogens (tertiary/aromatic N) is 2. The van der Waals surface area contributed by atoms with Crippen molar-refractivity contribution in [2.24, 2.45) is 0 Å². The van der Waals surface area contributed by atoms with Crippen molar-refractivity contribution < 1.29 is 4.79 Å². The molecule has 0 aromatic carbocycles. The molecule has 6 heteroatoms. The first-order chi connectivity index (χ1) is 7.56. The van der Waals surface area contributed by atoms with Gasteiger partial charge in [-0.2, -0.15) is 11.8 Å². The summed E-state index contributed by atoms with van der Waals surface area (Å²) in [6.07, 6.45) is 3.42. The number of thioether (sulfide) groups is 1. The molecule has 0 aliphatic rings. The van der Waals surface area contributed by atoms with Gasteiger partial charge < -0.3 is 10.6 Å². The maximum atomic E-state index is 12.0. The minimum Gasteiger partial charge on any atom is -0.397 e. The van der Waals surface area contributed by atoms with Crippen LogP contribution in [0.25, 0.3) is 0 Å². The van der Waals surface area contributed by atoms with Crippen molar-refractivity contribution in [3.05, 3.63) is 23.0 Å². The predicted octanol–water partition coefficient (Wildman–Crippen LogP) is 1.75. The Kier molecular flexibility index (Phi) is 4.89. The van der Waals surface area contributed by atoms with Gasteiger partial charge in [-0.1, -0.05) is 11.6 Å². The molecule has 0 radical (unpaired) electrons. The number of rotatable bonds is 4. The van der Waals surface area contributed by atoms with Crippen molar-refractivity contribution in [3.63, 3.8) is 0 Å². The van der Waals surface area contributed by atoms with Gasteiger partial charge in [0.15, 0.2) is 0 Å². The zero-order chi connectivity index (χ0) is 12.1. The van der Waals surface area contributed by atoms with Crippen LogP contribution in [0.2, 0.25) is 5.15 Å². The Morgan fingerprint density at radius 2 is 2.38 bits per heavy atom. The molecule has 88 valence electrons. The van der Waals surface area contributed by atoms with E-state index in [-0.39, 0.29) is 11.1 Å². The van der Waals surface area contributed by atoms with Gasteiger partial charge in [0, 0.05) is 19.3 Å². The number of hydrogen-bond acceptors (Lipinski definition) is 4. The molecule has 1 rings (SSSR count). The van der Waals surface area contributed by atoms with Crippen LogP contribution in [0.15, 0.2) is 12.3 Å². The van der Waals surface area contributed by atoms with Gasteiger partial charge in [-0.3, -0.25) is 4.79 Å². The average Bonchev–Trinajstić information content (AvgIpc) is 2.28. The maximum Gasteiger partial charge on any atom is 0.256 e. The van der Waals surface area contributed by atoms with E-state index >= 15 is 0 Å². The lowest BCUT2D eigenvalue weighted by Gasteiger charge is -2.17. The number of pyridine rings is 1. The summed E-state index contributed by atoms with van der Waals surface area (Å²) in [4.78, 5) is 17.4. The molecule has 0 spiro atoms. The summed E-state index contributed by atoms with van der Waals surface area (Å²) in [5.74, 6) is 0.731. The fraction of sp³-hybridized carbons (Fsp3) is 0.400. The van der Waals surface area contributed by atoms with Gasteiger partial charge in [0.05, 0.1) is 17.4 Å². The van der Waals surface area contributed by atoms with E-state index in [9.17, 15) is 4.79 Å². The number of nitrogen functional groups attached to an aromatic ring is 1. The molecule has 0 atom stereocenters. The van der Waals surface area contributed by atoms with E-state index in [1.54, 1.807) is 29.8 Å². The van der Waals surface area contributed by atoms with Crippen LogP contribution in [0.4, 0.5) is 5.69 Å². The fourth-order valence-electron chi connectivity index (χ4n) is 1.15. The van der Waals surface area contributed by atoms with Gasteiger partial charge in [0.25, 0.3) is 5.91 Å². The average molecular weight is 260 g/mol. The number of amides is 1. The molecule has 1 amide bonds. The highest BCUT2D eigenvalue weighted by Crippen LogP contribution is 2.17. The second kappa shape index (κ2) is 5.96. The molecule has 0 aliphatic heterocycles. The number of hydrogen-bond donors (Lipinski definition) is 1. The lowest BCUT2D eigenvalue weighted by Crippen LogP contribution is -2.29. The molecular formula is C10H14ClN3OS. The van der Waals surface area contributed by atoms with Crippen LogP contribution in [0.5, 0.6) is 0 Å². The quantitative estimate of drug-likeness (QED) is 0.837. The number of aromatic nitrogens is 1. The molecular weight excluding hydrogens is 246 g/mol. The Labute approximate surface area is 104 Å². The molecule has 4 nitrogen and oxygen atoms in total. The zero-order valence-corrected chi connectivity index (χ0v) is 10.8. The van der Waals surface area contributed by atoms with E-state index in [4.69, 9.17) is 17.3 Å². The summed E-state index contributed by atoms with van der Waals surface area (Å²) < 4.78 is 0. The van der Waals surface area contributed by atoms with E-state index in [1.165, 1.54) is 6.20 Å². The summed E-state index contributed by atoms with van der Waals surface area (Å²) in [7, 11) is 1.73. The van der Waals surface area contributed by atoms with Crippen LogP contribution in [0.1, 0.15) is 10.4 Å². The molecule has 1 aromatic heterocycles. The second-order valence-corrected chi connectivity index (χ2v) is 4.67. The highest BCUT2D eigenvalue weighted by molar-refractivity contribution is 7.98. The van der Waals surface area contributed by atoms with Gasteiger partial charge in [-0.15, -0.1) is 0 Å². The van der Waals surface area contributed by atoms with Crippen LogP contribution in [-0.2, 0) is 0 Å². The highest BCUT2D eigenvalue weighted by Gasteiger charge is 2.15. The maximum absolute atomic E-state index is 12.0. The van der Waals surface area contributed by atoms with Gasteiger partial charge in [0.1, 0.15) is 5.15 Å². The molecule has 0 bridgehead atoms. The Morgan fingerprint density at radius 1 is 1.69 bits per heavy atom. The summed E-state index contributed by atoms with van der Waals surface area (Å²) in [6, 6.07) is 1.55. The lowest BCUT2D eigenvalue weighted by molar-refractivity contribution is 0.0803. The largest absolute Gasteiger partial charge is 0.397 e. The number of carbonyl (C=O) groups excluding carboxylic acids is 1. The summed E-state index contributed by atoms with van der Waals surface area (Å²) in [5, 5.41) is 0.190. The van der Waals surface area contributed by atoms with Crippen molar-refractivity contribution in [3.8, 4) is 0 Å². The molecule has 0 saturated heterocycles. The first kappa shape index (κ1) is 13.1. The van der Waals surface area contributed by atoms with E-state index < -0.39 is 0 Å². The Hall–Kier alpha value is -0.940. The Bertz CT molecular complexity index is 386. The fourth-order valence-corrected chi connectivity index (χ4v) is 1.79. The van der Waals surface area contributed by atoms with Gasteiger partial charge in [-0.25, -0.2) is 4.98 Å². The van der Waals surface area contributed by atoms with E-state index in [0.717, 1.165) is 5.75 Å². The molecule has 0 unspecified atom stereocenters. The summed E-state index contributed by atoms with van der Waals surface area (Å²) in [5.41, 5.74) is 6.36. The molecule has 1 heterocycles. The number of carbonyl (C=O) groups is 1. The number of halogens is 1. The molecule has 0 aliphatic carbocycles. The third-order valence-electron chi connectivity index (χ3n) is 2.07. The lowest BCUT2D eigenvalue weighted by atomic mass is 10.2. The van der Waals surface area contributed by atoms with Crippen LogP contribution < -0.4 is 5.73 Å². The van der Waals surface area contributed by atoms with Crippen molar-refractivity contribution in [2.75, 3.05) is 31.3 Å². The van der Waals surface area contributed by atoms with Gasteiger partial charge in [0.2, 0.25) is 0 Å². The van der Waals surface area contributed by atoms with Crippen LogP contribution in [0, 0.1) is 0 Å². The normalized spacial score (nSPS) is 10.2. The molecule has 0 saturated carbocycles. The highest BCUT2D eigenvalue weighted by atomic mass is 35.5. The minimum absolute atomic E-state index is 0.154. The Balaban J connectivity index is 2.83. The van der Waals surface area contributed by atoms with Crippen LogP contribution in [0.3, 0.4) is 0 Å².